The average Bonchev–Trinajstić information content (AvgIpc) is 2.90. The largest absolute Gasteiger partial charge is 0.453 e. The normalized spacial score (nSPS) is 11.1. The summed E-state index contributed by atoms with van der Waals surface area (Å²) in [5, 5.41) is 8.43. The molecule has 23 heavy (non-hydrogen) atoms. The molecule has 1 heterocycles. The highest BCUT2D eigenvalue weighted by atomic mass is 32.2. The molecule has 0 aliphatic rings. The second kappa shape index (κ2) is 6.96. The van der Waals surface area contributed by atoms with Crippen LogP contribution in [0.5, 0.6) is 0 Å². The first kappa shape index (κ1) is 17.2. The zero-order valence-corrected chi connectivity index (χ0v) is 13.2. The van der Waals surface area contributed by atoms with Crippen molar-refractivity contribution in [1.29, 1.82) is 0 Å². The molecule has 2 rings (SSSR count). The number of amides is 1. The first-order valence-electron chi connectivity index (χ1n) is 6.07. The van der Waals surface area contributed by atoms with E-state index in [2.05, 4.69) is 20.9 Å². The van der Waals surface area contributed by atoms with E-state index >= 15 is 0 Å². The Hall–Kier alpha value is -2.14. The third-order valence-corrected chi connectivity index (χ3v) is 3.37. The van der Waals surface area contributed by atoms with E-state index in [9.17, 15) is 18.0 Å². The van der Waals surface area contributed by atoms with Crippen LogP contribution < -0.4 is 10.7 Å². The summed E-state index contributed by atoms with van der Waals surface area (Å²) < 4.78 is 39.2. The Balaban J connectivity index is 2.14. The third-order valence-electron chi connectivity index (χ3n) is 2.55. The molecule has 1 aromatic heterocycles. The van der Waals surface area contributed by atoms with Crippen LogP contribution in [0, 0.1) is 0 Å². The minimum atomic E-state index is -4.72. The van der Waals surface area contributed by atoms with Crippen molar-refractivity contribution in [1.82, 2.24) is 20.2 Å². The van der Waals surface area contributed by atoms with Gasteiger partial charge in [0, 0.05) is 5.56 Å². The average molecular weight is 361 g/mol. The van der Waals surface area contributed by atoms with Gasteiger partial charge in [-0.1, -0.05) is 30.0 Å². The molecule has 0 spiro atoms. The van der Waals surface area contributed by atoms with E-state index in [0.717, 1.165) is 11.8 Å². The fraction of sp³-hybridized carbons (Fsp3) is 0.167. The maximum atomic E-state index is 12.9. The number of halogens is 3. The van der Waals surface area contributed by atoms with Crippen LogP contribution in [0.25, 0.3) is 0 Å². The summed E-state index contributed by atoms with van der Waals surface area (Å²) in [4.78, 5) is 11.9. The van der Waals surface area contributed by atoms with E-state index in [1.807, 2.05) is 0 Å². The molecule has 0 fully saturated rings. The third kappa shape index (κ3) is 4.20. The number of carbonyl (C=O) groups is 1. The van der Waals surface area contributed by atoms with Crippen molar-refractivity contribution in [3.8, 4) is 0 Å². The van der Waals surface area contributed by atoms with Gasteiger partial charge in [0.15, 0.2) is 5.11 Å². The minimum Gasteiger partial charge on any atom is -0.298 e. The number of aromatic nitrogens is 3. The number of hydrogen-bond acceptors (Lipinski definition) is 5. The Kier molecular flexibility index (Phi) is 5.21. The molecule has 6 nitrogen and oxygen atoms in total. The first-order chi connectivity index (χ1) is 10.8. The summed E-state index contributed by atoms with van der Waals surface area (Å²) in [6.45, 7) is 0. The number of thioether (sulfide) groups is 1. The predicted octanol–water partition coefficient (Wildman–Crippen LogP) is 2.28. The van der Waals surface area contributed by atoms with Crippen molar-refractivity contribution in [2.75, 3.05) is 11.7 Å². The topological polar surface area (TPSA) is 71.8 Å². The molecular formula is C12H10F3N5OS2. The highest BCUT2D eigenvalue weighted by molar-refractivity contribution is 7.98. The van der Waals surface area contributed by atoms with Gasteiger partial charge in [-0.2, -0.15) is 13.2 Å². The summed E-state index contributed by atoms with van der Waals surface area (Å²) in [5.74, 6) is -1.81. The molecule has 2 N–H and O–H groups in total. The number of alkyl halides is 3. The van der Waals surface area contributed by atoms with Crippen LogP contribution >= 0.6 is 24.0 Å². The number of thiocarbonyl (C=S) groups is 1. The van der Waals surface area contributed by atoms with Crippen molar-refractivity contribution in [2.45, 2.75) is 11.3 Å². The fourth-order valence-corrected chi connectivity index (χ4v) is 2.20. The summed E-state index contributed by atoms with van der Waals surface area (Å²) in [6.07, 6.45) is -3.18. The monoisotopic (exact) mass is 361 g/mol. The standard InChI is InChI=1S/C12H10F3N5OS2/c1-23-11-18-17-9(12(13,14)15)20(11)19-10(22)16-8(21)7-5-3-2-4-6-7/h2-6H,1H3,(H2,16,19,21,22). The van der Waals surface area contributed by atoms with E-state index in [1.165, 1.54) is 6.26 Å². The van der Waals surface area contributed by atoms with Gasteiger partial charge in [0.2, 0.25) is 5.16 Å². The summed E-state index contributed by atoms with van der Waals surface area (Å²) in [7, 11) is 0. The second-order valence-electron chi connectivity index (χ2n) is 4.10. The van der Waals surface area contributed by atoms with Gasteiger partial charge in [-0.25, -0.2) is 4.68 Å². The van der Waals surface area contributed by atoms with E-state index < -0.39 is 17.9 Å². The van der Waals surface area contributed by atoms with Crippen LogP contribution in [0.1, 0.15) is 16.2 Å². The quantitative estimate of drug-likeness (QED) is 0.646. The lowest BCUT2D eigenvalue weighted by atomic mass is 10.2. The molecule has 1 amide bonds. The molecular weight excluding hydrogens is 351 g/mol. The van der Waals surface area contributed by atoms with Crippen LogP contribution in [0.4, 0.5) is 13.2 Å². The highest BCUT2D eigenvalue weighted by Crippen LogP contribution is 2.29. The number of carbonyl (C=O) groups excluding carboxylic acids is 1. The smallest absolute Gasteiger partial charge is 0.298 e. The Morgan fingerprint density at radius 2 is 1.91 bits per heavy atom. The van der Waals surface area contributed by atoms with E-state index in [-0.39, 0.29) is 10.3 Å². The van der Waals surface area contributed by atoms with Crippen LogP contribution in [0.3, 0.4) is 0 Å². The SMILES string of the molecule is CSc1nnc(C(F)(F)F)n1NC(=S)NC(=O)c1ccccc1. The number of benzene rings is 1. The zero-order chi connectivity index (χ0) is 17.0. The van der Waals surface area contributed by atoms with E-state index in [0.29, 0.717) is 10.2 Å². The predicted molar refractivity (Wildman–Crippen MR) is 82.7 cm³/mol. The van der Waals surface area contributed by atoms with Gasteiger partial charge >= 0.3 is 6.18 Å². The zero-order valence-electron chi connectivity index (χ0n) is 11.6. The minimum absolute atomic E-state index is 0.0476. The lowest BCUT2D eigenvalue weighted by molar-refractivity contribution is -0.146. The molecule has 0 aliphatic carbocycles. The number of nitrogens with zero attached hydrogens (tertiary/aromatic N) is 3. The first-order valence-corrected chi connectivity index (χ1v) is 7.70. The van der Waals surface area contributed by atoms with Crippen LogP contribution in [0.2, 0.25) is 0 Å². The fourth-order valence-electron chi connectivity index (χ4n) is 1.58. The molecule has 0 unspecified atom stereocenters. The van der Waals surface area contributed by atoms with Gasteiger partial charge < -0.3 is 0 Å². The molecule has 0 atom stereocenters. The maximum absolute atomic E-state index is 12.9. The molecule has 2 aromatic rings. The molecule has 0 radical (unpaired) electrons. The molecule has 0 aliphatic heterocycles. The molecule has 0 saturated carbocycles. The van der Waals surface area contributed by atoms with Crippen molar-refractivity contribution in [2.24, 2.45) is 0 Å². The van der Waals surface area contributed by atoms with Gasteiger partial charge in [-0.05, 0) is 30.6 Å². The lowest BCUT2D eigenvalue weighted by Crippen LogP contribution is -2.39. The molecule has 0 bridgehead atoms. The van der Waals surface area contributed by atoms with Gasteiger partial charge in [0.05, 0.1) is 0 Å². The van der Waals surface area contributed by atoms with E-state index in [1.54, 1.807) is 30.3 Å². The van der Waals surface area contributed by atoms with E-state index in [4.69, 9.17) is 12.2 Å². The van der Waals surface area contributed by atoms with Crippen molar-refractivity contribution >= 4 is 35.0 Å². The number of rotatable bonds is 3. The van der Waals surface area contributed by atoms with Crippen molar-refractivity contribution in [3.63, 3.8) is 0 Å². The van der Waals surface area contributed by atoms with Crippen molar-refractivity contribution < 1.29 is 18.0 Å². The number of hydrogen-bond donors (Lipinski definition) is 2. The maximum Gasteiger partial charge on any atom is 0.453 e. The summed E-state index contributed by atoms with van der Waals surface area (Å²) in [6, 6.07) is 8.12. The second-order valence-corrected chi connectivity index (χ2v) is 5.29. The molecule has 122 valence electrons. The summed E-state index contributed by atoms with van der Waals surface area (Å²) in [5.41, 5.74) is 2.59. The van der Waals surface area contributed by atoms with Gasteiger partial charge in [0.1, 0.15) is 0 Å². The Morgan fingerprint density at radius 3 is 2.48 bits per heavy atom. The molecule has 1 aromatic carbocycles. The highest BCUT2D eigenvalue weighted by Gasteiger charge is 2.39. The summed E-state index contributed by atoms with van der Waals surface area (Å²) >= 11 is 5.82. The van der Waals surface area contributed by atoms with Gasteiger partial charge in [0.25, 0.3) is 11.7 Å². The van der Waals surface area contributed by atoms with Crippen LogP contribution in [-0.2, 0) is 6.18 Å². The Morgan fingerprint density at radius 1 is 1.26 bits per heavy atom. The molecule has 0 saturated heterocycles. The lowest BCUT2D eigenvalue weighted by Gasteiger charge is -2.14. The van der Waals surface area contributed by atoms with Crippen molar-refractivity contribution in [3.05, 3.63) is 41.7 Å². The van der Waals surface area contributed by atoms with Gasteiger partial charge in [-0.15, -0.1) is 10.2 Å². The number of nitrogens with one attached hydrogen (secondary N) is 2. The van der Waals surface area contributed by atoms with Crippen LogP contribution in [0.15, 0.2) is 35.5 Å². The van der Waals surface area contributed by atoms with Crippen LogP contribution in [-0.4, -0.2) is 32.1 Å². The molecule has 11 heteroatoms. The van der Waals surface area contributed by atoms with Gasteiger partial charge in [-0.3, -0.25) is 15.5 Å². The Bertz CT molecular complexity index is 717. The Labute approximate surface area is 138 Å².